The smallest absolute Gasteiger partial charge is 0.237 e. The predicted octanol–water partition coefficient (Wildman–Crippen LogP) is 3.44. The largest absolute Gasteiger partial charge is 0.378 e. The molecule has 2 heterocycles. The third-order valence-electron chi connectivity index (χ3n) is 4.88. The number of para-hydroxylation sites is 1. The molecule has 0 spiro atoms. The topological polar surface area (TPSA) is 92.3 Å². The Morgan fingerprint density at radius 3 is 2.44 bits per heavy atom. The zero-order chi connectivity index (χ0) is 22.2. The normalized spacial score (nSPS) is 14.6. The number of benzene rings is 2. The van der Waals surface area contributed by atoms with Gasteiger partial charge in [0.15, 0.2) is 5.16 Å². The first kappa shape index (κ1) is 22.0. The first-order valence-corrected chi connectivity index (χ1v) is 11.4. The molecule has 1 amide bonds. The fourth-order valence-corrected chi connectivity index (χ4v) is 3.89. The van der Waals surface area contributed by atoms with E-state index >= 15 is 0 Å². The number of anilines is 3. The number of carbonyl (C=O) groups excluding carboxylic acids is 1. The van der Waals surface area contributed by atoms with E-state index in [-0.39, 0.29) is 11.2 Å². The average molecular weight is 451 g/mol. The van der Waals surface area contributed by atoms with Crippen LogP contribution in [0.1, 0.15) is 12.5 Å². The molecule has 1 aliphatic rings. The quantitative estimate of drug-likeness (QED) is 0.504. The van der Waals surface area contributed by atoms with E-state index in [2.05, 4.69) is 30.5 Å². The van der Waals surface area contributed by atoms with E-state index in [4.69, 9.17) is 4.74 Å². The van der Waals surface area contributed by atoms with Crippen molar-refractivity contribution in [3.63, 3.8) is 0 Å². The van der Waals surface area contributed by atoms with Crippen LogP contribution in [0.2, 0.25) is 0 Å². The number of hydrogen-bond donors (Lipinski definition) is 2. The number of nitrogens with zero attached hydrogens (tertiary/aromatic N) is 4. The minimum atomic E-state index is -0.378. The van der Waals surface area contributed by atoms with Crippen molar-refractivity contribution in [1.29, 1.82) is 0 Å². The first-order chi connectivity index (χ1) is 15.7. The van der Waals surface area contributed by atoms with Crippen molar-refractivity contribution in [2.75, 3.05) is 41.8 Å². The van der Waals surface area contributed by atoms with E-state index in [1.165, 1.54) is 11.8 Å². The zero-order valence-electron chi connectivity index (χ0n) is 17.9. The highest BCUT2D eigenvalue weighted by molar-refractivity contribution is 8.00. The summed E-state index contributed by atoms with van der Waals surface area (Å²) in [4.78, 5) is 28.5. The Bertz CT molecular complexity index is 1020. The SMILES string of the molecule is C[C@@H](Sc1nc(NCc2ccccc2)nc(N2CCOCC2)n1)C(=O)Nc1ccccc1. The van der Waals surface area contributed by atoms with E-state index in [1.54, 1.807) is 0 Å². The third-order valence-corrected chi connectivity index (χ3v) is 5.84. The molecule has 2 N–H and O–H groups in total. The Kier molecular flexibility index (Phi) is 7.52. The van der Waals surface area contributed by atoms with Crippen molar-refractivity contribution in [1.82, 2.24) is 15.0 Å². The Hall–Kier alpha value is -3.17. The standard InChI is InChI=1S/C23H26N6O2S/c1-17(20(30)25-19-10-6-3-7-11-19)32-23-27-21(24-16-18-8-4-2-5-9-18)26-22(28-23)29-12-14-31-15-13-29/h2-11,17H,12-16H2,1H3,(H,25,30)(H,24,26,27,28)/t17-/m1/s1. The van der Waals surface area contributed by atoms with Crippen LogP contribution < -0.4 is 15.5 Å². The van der Waals surface area contributed by atoms with Crippen molar-refractivity contribution < 1.29 is 9.53 Å². The van der Waals surface area contributed by atoms with E-state index in [0.717, 1.165) is 24.3 Å². The van der Waals surface area contributed by atoms with E-state index in [1.807, 2.05) is 67.6 Å². The van der Waals surface area contributed by atoms with Crippen LogP contribution in [-0.4, -0.2) is 52.4 Å². The molecule has 4 rings (SSSR count). The molecular formula is C23H26N6O2S. The second-order valence-corrected chi connectivity index (χ2v) is 8.60. The van der Waals surface area contributed by atoms with Gasteiger partial charge in [-0.15, -0.1) is 0 Å². The van der Waals surface area contributed by atoms with Crippen molar-refractivity contribution >= 4 is 35.3 Å². The molecule has 166 valence electrons. The molecule has 1 atom stereocenters. The van der Waals surface area contributed by atoms with Crippen molar-refractivity contribution in [2.45, 2.75) is 23.9 Å². The summed E-state index contributed by atoms with van der Waals surface area (Å²) in [6.45, 7) is 5.15. The molecular weight excluding hydrogens is 424 g/mol. The van der Waals surface area contributed by atoms with Crippen LogP contribution in [0.3, 0.4) is 0 Å². The number of ether oxygens (including phenoxy) is 1. The molecule has 1 aromatic heterocycles. The lowest BCUT2D eigenvalue weighted by Gasteiger charge is -2.27. The number of rotatable bonds is 8. The Morgan fingerprint density at radius 2 is 1.72 bits per heavy atom. The van der Waals surface area contributed by atoms with Gasteiger partial charge in [0, 0.05) is 25.3 Å². The van der Waals surface area contributed by atoms with Gasteiger partial charge in [-0.05, 0) is 24.6 Å². The number of morpholine rings is 1. The summed E-state index contributed by atoms with van der Waals surface area (Å²) < 4.78 is 5.45. The Morgan fingerprint density at radius 1 is 1.03 bits per heavy atom. The van der Waals surface area contributed by atoms with Gasteiger partial charge in [0.1, 0.15) is 0 Å². The van der Waals surface area contributed by atoms with Crippen LogP contribution in [-0.2, 0) is 16.1 Å². The summed E-state index contributed by atoms with van der Waals surface area (Å²) >= 11 is 1.31. The minimum absolute atomic E-state index is 0.103. The molecule has 1 aliphatic heterocycles. The molecule has 1 fully saturated rings. The summed E-state index contributed by atoms with van der Waals surface area (Å²) in [7, 11) is 0. The summed E-state index contributed by atoms with van der Waals surface area (Å²) in [5, 5.41) is 6.35. The van der Waals surface area contributed by atoms with Crippen LogP contribution in [0.25, 0.3) is 0 Å². The number of aromatic nitrogens is 3. The van der Waals surface area contributed by atoms with E-state index in [0.29, 0.717) is 36.8 Å². The molecule has 2 aromatic carbocycles. The number of amides is 1. The molecule has 0 saturated carbocycles. The molecule has 0 aliphatic carbocycles. The fourth-order valence-electron chi connectivity index (χ4n) is 3.14. The number of carbonyl (C=O) groups is 1. The maximum atomic E-state index is 12.7. The Balaban J connectivity index is 1.49. The van der Waals surface area contributed by atoms with Gasteiger partial charge in [0.25, 0.3) is 0 Å². The van der Waals surface area contributed by atoms with Crippen molar-refractivity contribution in [3.05, 3.63) is 66.2 Å². The van der Waals surface area contributed by atoms with Crippen LogP contribution >= 0.6 is 11.8 Å². The van der Waals surface area contributed by atoms with Crippen LogP contribution in [0, 0.1) is 0 Å². The highest BCUT2D eigenvalue weighted by Crippen LogP contribution is 2.24. The predicted molar refractivity (Wildman–Crippen MR) is 127 cm³/mol. The lowest BCUT2D eigenvalue weighted by atomic mass is 10.2. The molecule has 3 aromatic rings. The summed E-state index contributed by atoms with van der Waals surface area (Å²) in [6, 6.07) is 19.5. The first-order valence-electron chi connectivity index (χ1n) is 10.6. The third kappa shape index (κ3) is 6.18. The maximum Gasteiger partial charge on any atom is 0.237 e. The van der Waals surface area contributed by atoms with Gasteiger partial charge < -0.3 is 20.3 Å². The Labute approximate surface area is 191 Å². The highest BCUT2D eigenvalue weighted by Gasteiger charge is 2.20. The molecule has 8 nitrogen and oxygen atoms in total. The van der Waals surface area contributed by atoms with Gasteiger partial charge in [-0.25, -0.2) is 0 Å². The summed E-state index contributed by atoms with van der Waals surface area (Å²) in [5.74, 6) is 0.980. The van der Waals surface area contributed by atoms with E-state index < -0.39 is 0 Å². The minimum Gasteiger partial charge on any atom is -0.378 e. The number of thioether (sulfide) groups is 1. The second-order valence-electron chi connectivity index (χ2n) is 7.30. The van der Waals surface area contributed by atoms with Gasteiger partial charge in [-0.1, -0.05) is 60.3 Å². The van der Waals surface area contributed by atoms with Crippen molar-refractivity contribution in [3.8, 4) is 0 Å². The van der Waals surface area contributed by atoms with E-state index in [9.17, 15) is 4.79 Å². The maximum absolute atomic E-state index is 12.7. The van der Waals surface area contributed by atoms with Gasteiger partial charge in [-0.2, -0.15) is 15.0 Å². The molecule has 0 unspecified atom stereocenters. The van der Waals surface area contributed by atoms with Crippen LogP contribution in [0.15, 0.2) is 65.8 Å². The van der Waals surface area contributed by atoms with Gasteiger partial charge >= 0.3 is 0 Å². The van der Waals surface area contributed by atoms with Gasteiger partial charge in [-0.3, -0.25) is 4.79 Å². The average Bonchev–Trinajstić information content (AvgIpc) is 2.84. The number of nitrogens with one attached hydrogen (secondary N) is 2. The zero-order valence-corrected chi connectivity index (χ0v) is 18.7. The lowest BCUT2D eigenvalue weighted by Crippen LogP contribution is -2.37. The molecule has 0 bridgehead atoms. The summed E-state index contributed by atoms with van der Waals surface area (Å²) in [6.07, 6.45) is 0. The monoisotopic (exact) mass is 450 g/mol. The van der Waals surface area contributed by atoms with Crippen LogP contribution in [0.4, 0.5) is 17.6 Å². The fraction of sp³-hybridized carbons (Fsp3) is 0.304. The van der Waals surface area contributed by atoms with Crippen molar-refractivity contribution in [2.24, 2.45) is 0 Å². The molecule has 9 heteroatoms. The summed E-state index contributed by atoms with van der Waals surface area (Å²) in [5.41, 5.74) is 1.89. The lowest BCUT2D eigenvalue weighted by molar-refractivity contribution is -0.115. The molecule has 1 saturated heterocycles. The highest BCUT2D eigenvalue weighted by atomic mass is 32.2. The molecule has 0 radical (unpaired) electrons. The molecule has 32 heavy (non-hydrogen) atoms. The number of hydrogen-bond acceptors (Lipinski definition) is 8. The van der Waals surface area contributed by atoms with Gasteiger partial charge in [0.2, 0.25) is 17.8 Å². The second kappa shape index (κ2) is 10.9. The van der Waals surface area contributed by atoms with Crippen LogP contribution in [0.5, 0.6) is 0 Å². The van der Waals surface area contributed by atoms with Gasteiger partial charge in [0.05, 0.1) is 18.5 Å².